The fourth-order valence-electron chi connectivity index (χ4n) is 2.75. The second-order valence-corrected chi connectivity index (χ2v) is 6.45. The second kappa shape index (κ2) is 7.59. The molecule has 1 aromatic heterocycles. The van der Waals surface area contributed by atoms with E-state index in [-0.39, 0.29) is 12.6 Å². The van der Waals surface area contributed by atoms with Crippen LogP contribution in [-0.2, 0) is 0 Å². The van der Waals surface area contributed by atoms with Crippen molar-refractivity contribution in [3.63, 3.8) is 0 Å². The van der Waals surface area contributed by atoms with Crippen molar-refractivity contribution < 1.29 is 9.90 Å². The lowest BCUT2D eigenvalue weighted by Crippen LogP contribution is -2.50. The van der Waals surface area contributed by atoms with Crippen LogP contribution in [0.1, 0.15) is 0 Å². The van der Waals surface area contributed by atoms with Gasteiger partial charge in [0.05, 0.1) is 12.3 Å². The number of para-hydroxylation sites is 1. The zero-order valence-electron chi connectivity index (χ0n) is 12.9. The molecule has 0 bridgehead atoms. The van der Waals surface area contributed by atoms with Crippen molar-refractivity contribution in [3.05, 3.63) is 41.8 Å². The number of aliphatic hydroxyl groups excluding tert-OH is 1. The number of hydrogen-bond donors (Lipinski definition) is 2. The van der Waals surface area contributed by atoms with Gasteiger partial charge in [0.1, 0.15) is 0 Å². The quantitative estimate of drug-likeness (QED) is 0.905. The first-order valence-corrected chi connectivity index (χ1v) is 8.68. The molecule has 2 amide bonds. The Hall–Kier alpha value is -1.89. The van der Waals surface area contributed by atoms with Crippen LogP contribution < -0.4 is 5.32 Å². The molecule has 0 atom stereocenters. The highest BCUT2D eigenvalue weighted by Crippen LogP contribution is 2.31. The van der Waals surface area contributed by atoms with Crippen LogP contribution in [-0.4, -0.2) is 60.3 Å². The Kier molecular flexibility index (Phi) is 5.27. The van der Waals surface area contributed by atoms with Gasteiger partial charge in [-0.1, -0.05) is 24.3 Å². The molecule has 23 heavy (non-hydrogen) atoms. The Labute approximate surface area is 140 Å². The normalized spacial score (nSPS) is 15.6. The van der Waals surface area contributed by atoms with Crippen LogP contribution in [0.25, 0.3) is 10.4 Å². The number of amides is 2. The number of β-amino-alcohol motifs (C(OH)–C–C–N with tert-alkyl or cyclic N) is 1. The van der Waals surface area contributed by atoms with Crippen molar-refractivity contribution in [2.24, 2.45) is 0 Å². The van der Waals surface area contributed by atoms with Crippen molar-refractivity contribution in [3.8, 4) is 10.4 Å². The van der Waals surface area contributed by atoms with Crippen LogP contribution >= 0.6 is 11.3 Å². The highest BCUT2D eigenvalue weighted by molar-refractivity contribution is 7.13. The molecule has 0 aliphatic carbocycles. The summed E-state index contributed by atoms with van der Waals surface area (Å²) in [7, 11) is 0. The molecule has 1 aliphatic heterocycles. The maximum absolute atomic E-state index is 12.5. The summed E-state index contributed by atoms with van der Waals surface area (Å²) in [6.07, 6.45) is 0. The lowest BCUT2D eigenvalue weighted by atomic mass is 10.1. The minimum atomic E-state index is -0.0577. The molecular weight excluding hydrogens is 310 g/mol. The summed E-state index contributed by atoms with van der Waals surface area (Å²) in [4.78, 5) is 17.7. The molecule has 122 valence electrons. The molecule has 0 saturated carbocycles. The Balaban J connectivity index is 1.65. The molecule has 3 rings (SSSR count). The predicted octanol–water partition coefficient (Wildman–Crippen LogP) is 2.56. The molecule has 2 aromatic rings. The predicted molar refractivity (Wildman–Crippen MR) is 93.9 cm³/mol. The van der Waals surface area contributed by atoms with E-state index in [1.54, 1.807) is 11.3 Å². The maximum Gasteiger partial charge on any atom is 0.321 e. The van der Waals surface area contributed by atoms with E-state index in [1.807, 2.05) is 40.6 Å². The lowest BCUT2D eigenvalue weighted by Gasteiger charge is -2.34. The van der Waals surface area contributed by atoms with Gasteiger partial charge in [-0.2, -0.15) is 0 Å². The van der Waals surface area contributed by atoms with Crippen LogP contribution in [0.4, 0.5) is 10.5 Å². The molecule has 5 nitrogen and oxygen atoms in total. The van der Waals surface area contributed by atoms with Crippen LogP contribution in [0.15, 0.2) is 41.8 Å². The molecule has 0 spiro atoms. The van der Waals surface area contributed by atoms with E-state index in [1.165, 1.54) is 0 Å². The minimum absolute atomic E-state index is 0.0577. The molecule has 1 fully saturated rings. The number of anilines is 1. The average Bonchev–Trinajstić information content (AvgIpc) is 3.10. The number of rotatable bonds is 4. The van der Waals surface area contributed by atoms with Gasteiger partial charge in [0.15, 0.2) is 0 Å². The Morgan fingerprint density at radius 3 is 2.61 bits per heavy atom. The third-order valence-corrected chi connectivity index (χ3v) is 4.93. The number of nitrogens with one attached hydrogen (secondary N) is 1. The smallest absolute Gasteiger partial charge is 0.321 e. The Morgan fingerprint density at radius 2 is 1.91 bits per heavy atom. The third-order valence-electron chi connectivity index (χ3n) is 4.03. The topological polar surface area (TPSA) is 55.8 Å². The Bertz CT molecular complexity index is 637. The number of hydrogen-bond acceptors (Lipinski definition) is 4. The number of nitrogens with zero attached hydrogens (tertiary/aromatic N) is 2. The number of thiophene rings is 1. The van der Waals surface area contributed by atoms with Gasteiger partial charge in [-0.05, 0) is 17.5 Å². The van der Waals surface area contributed by atoms with Crippen molar-refractivity contribution in [1.29, 1.82) is 0 Å². The number of carbonyl (C=O) groups is 1. The van der Waals surface area contributed by atoms with Crippen LogP contribution in [0.3, 0.4) is 0 Å². The van der Waals surface area contributed by atoms with Gasteiger partial charge >= 0.3 is 6.03 Å². The molecule has 0 radical (unpaired) electrons. The van der Waals surface area contributed by atoms with E-state index in [4.69, 9.17) is 5.11 Å². The van der Waals surface area contributed by atoms with Gasteiger partial charge in [-0.15, -0.1) is 11.3 Å². The summed E-state index contributed by atoms with van der Waals surface area (Å²) in [5, 5.41) is 14.1. The lowest BCUT2D eigenvalue weighted by molar-refractivity contribution is 0.127. The highest BCUT2D eigenvalue weighted by Gasteiger charge is 2.21. The molecule has 0 unspecified atom stereocenters. The fourth-order valence-corrected chi connectivity index (χ4v) is 3.51. The van der Waals surface area contributed by atoms with Crippen molar-refractivity contribution in [1.82, 2.24) is 9.80 Å². The van der Waals surface area contributed by atoms with Gasteiger partial charge < -0.3 is 15.3 Å². The number of urea groups is 1. The first-order valence-electron chi connectivity index (χ1n) is 7.80. The Morgan fingerprint density at radius 1 is 1.13 bits per heavy atom. The molecular formula is C17H21N3O2S. The summed E-state index contributed by atoms with van der Waals surface area (Å²) < 4.78 is 0. The van der Waals surface area contributed by atoms with Crippen LogP contribution in [0, 0.1) is 0 Å². The minimum Gasteiger partial charge on any atom is -0.395 e. The number of aliphatic hydroxyl groups is 1. The first-order chi connectivity index (χ1) is 11.3. The van der Waals surface area contributed by atoms with E-state index >= 15 is 0 Å². The van der Waals surface area contributed by atoms with E-state index in [2.05, 4.69) is 16.3 Å². The van der Waals surface area contributed by atoms with Crippen LogP contribution in [0.5, 0.6) is 0 Å². The maximum atomic E-state index is 12.5. The van der Waals surface area contributed by atoms with Crippen molar-refractivity contribution >= 4 is 23.1 Å². The largest absolute Gasteiger partial charge is 0.395 e. The molecule has 1 saturated heterocycles. The molecule has 6 heteroatoms. The second-order valence-electron chi connectivity index (χ2n) is 5.51. The highest BCUT2D eigenvalue weighted by atomic mass is 32.1. The SMILES string of the molecule is O=C(Nc1ccccc1-c1cccs1)N1CCN(CCO)CC1. The summed E-state index contributed by atoms with van der Waals surface area (Å²) in [5.41, 5.74) is 1.90. The van der Waals surface area contributed by atoms with Gasteiger partial charge in [-0.3, -0.25) is 4.90 Å². The monoisotopic (exact) mass is 331 g/mol. The standard InChI is InChI=1S/C17H21N3O2S/c21-12-11-19-7-9-20(10-8-19)17(22)18-15-5-2-1-4-14(15)16-6-3-13-23-16/h1-6,13,21H,7-12H2,(H,18,22). The molecule has 2 heterocycles. The van der Waals surface area contributed by atoms with Gasteiger partial charge in [-0.25, -0.2) is 4.79 Å². The van der Waals surface area contributed by atoms with Gasteiger partial charge in [0, 0.05) is 43.2 Å². The number of piperazine rings is 1. The van der Waals surface area contributed by atoms with Gasteiger partial charge in [0.25, 0.3) is 0 Å². The number of carbonyl (C=O) groups excluding carboxylic acids is 1. The average molecular weight is 331 g/mol. The third kappa shape index (κ3) is 3.90. The number of benzene rings is 1. The van der Waals surface area contributed by atoms with E-state index in [0.717, 1.165) is 29.2 Å². The summed E-state index contributed by atoms with van der Waals surface area (Å²) in [5.74, 6) is 0. The van der Waals surface area contributed by atoms with E-state index in [9.17, 15) is 4.79 Å². The van der Waals surface area contributed by atoms with E-state index in [0.29, 0.717) is 19.6 Å². The summed E-state index contributed by atoms with van der Waals surface area (Å²) in [6.45, 7) is 3.83. The zero-order valence-corrected chi connectivity index (χ0v) is 13.8. The van der Waals surface area contributed by atoms with Gasteiger partial charge in [0.2, 0.25) is 0 Å². The molecule has 2 N–H and O–H groups in total. The summed E-state index contributed by atoms with van der Waals surface area (Å²) in [6, 6.07) is 11.9. The molecule has 1 aliphatic rings. The zero-order chi connectivity index (χ0) is 16.1. The summed E-state index contributed by atoms with van der Waals surface area (Å²) >= 11 is 1.66. The van der Waals surface area contributed by atoms with E-state index < -0.39 is 0 Å². The molecule has 1 aromatic carbocycles. The van der Waals surface area contributed by atoms with Crippen LogP contribution in [0.2, 0.25) is 0 Å². The first kappa shape index (κ1) is 16.0. The van der Waals surface area contributed by atoms with Crippen molar-refractivity contribution in [2.75, 3.05) is 44.6 Å². The van der Waals surface area contributed by atoms with Crippen molar-refractivity contribution in [2.45, 2.75) is 0 Å². The fraction of sp³-hybridized carbons (Fsp3) is 0.353.